The zero-order valence-electron chi connectivity index (χ0n) is 11.6. The lowest BCUT2D eigenvalue weighted by molar-refractivity contribution is 0.102. The Morgan fingerprint density at radius 1 is 1.14 bits per heavy atom. The zero-order valence-corrected chi connectivity index (χ0v) is 11.6. The Balaban J connectivity index is 1.68. The highest BCUT2D eigenvalue weighted by molar-refractivity contribution is 6.04. The van der Waals surface area contributed by atoms with E-state index in [-0.39, 0.29) is 11.7 Å². The van der Waals surface area contributed by atoms with Crippen LogP contribution in [0.5, 0.6) is 5.75 Å². The number of hydrogen-bond acceptors (Lipinski definition) is 4. The van der Waals surface area contributed by atoms with E-state index in [1.54, 1.807) is 0 Å². The molecule has 0 aliphatic carbocycles. The molecule has 5 heteroatoms. The van der Waals surface area contributed by atoms with Crippen LogP contribution in [-0.2, 0) is 0 Å². The molecule has 1 aromatic heterocycles. The minimum Gasteiger partial charge on any atom is -0.506 e. The number of hydrogen-bond donors (Lipinski definition) is 2. The van der Waals surface area contributed by atoms with E-state index in [9.17, 15) is 9.90 Å². The fourth-order valence-electron chi connectivity index (χ4n) is 2.49. The number of carbonyl (C=O) groups is 1. The van der Waals surface area contributed by atoms with Gasteiger partial charge in [0.05, 0.1) is 11.8 Å². The Hall–Kier alpha value is -2.56. The summed E-state index contributed by atoms with van der Waals surface area (Å²) in [6.45, 7) is 2.20. The van der Waals surface area contributed by atoms with E-state index in [0.717, 1.165) is 18.8 Å². The number of amides is 1. The quantitative estimate of drug-likeness (QED) is 0.909. The van der Waals surface area contributed by atoms with Gasteiger partial charge in [-0.3, -0.25) is 9.78 Å². The molecule has 1 aromatic carbocycles. The van der Waals surface area contributed by atoms with Crippen LogP contribution >= 0.6 is 0 Å². The van der Waals surface area contributed by atoms with Crippen LogP contribution in [0.25, 0.3) is 0 Å². The second kappa shape index (κ2) is 5.83. The zero-order chi connectivity index (χ0) is 14.7. The summed E-state index contributed by atoms with van der Waals surface area (Å²) >= 11 is 0. The van der Waals surface area contributed by atoms with Crippen molar-refractivity contribution in [1.29, 1.82) is 0 Å². The van der Waals surface area contributed by atoms with Crippen molar-refractivity contribution in [3.05, 3.63) is 48.3 Å². The maximum Gasteiger partial charge on any atom is 0.257 e. The second-order valence-electron chi connectivity index (χ2n) is 5.13. The maximum atomic E-state index is 12.0. The van der Waals surface area contributed by atoms with Gasteiger partial charge in [-0.2, -0.15) is 0 Å². The molecule has 1 amide bonds. The van der Waals surface area contributed by atoms with Crippen molar-refractivity contribution < 1.29 is 9.90 Å². The van der Waals surface area contributed by atoms with E-state index < -0.39 is 0 Å². The molecular weight excluding hydrogens is 266 g/mol. The van der Waals surface area contributed by atoms with Crippen LogP contribution in [0.1, 0.15) is 23.2 Å². The lowest BCUT2D eigenvalue weighted by atomic mass is 10.2. The summed E-state index contributed by atoms with van der Waals surface area (Å²) < 4.78 is 0. The normalized spacial score (nSPS) is 14.2. The van der Waals surface area contributed by atoms with E-state index in [4.69, 9.17) is 0 Å². The van der Waals surface area contributed by atoms with Gasteiger partial charge in [0.15, 0.2) is 0 Å². The molecule has 0 saturated carbocycles. The first kappa shape index (κ1) is 13.4. The summed E-state index contributed by atoms with van der Waals surface area (Å²) in [5.74, 6) is -0.306. The van der Waals surface area contributed by atoms with Crippen molar-refractivity contribution in [3.63, 3.8) is 0 Å². The van der Waals surface area contributed by atoms with E-state index in [1.165, 1.54) is 37.0 Å². The van der Waals surface area contributed by atoms with Crippen LogP contribution in [0.3, 0.4) is 0 Å². The molecule has 0 spiro atoms. The summed E-state index contributed by atoms with van der Waals surface area (Å²) in [5.41, 5.74) is 2.24. The Kier molecular flexibility index (Phi) is 3.73. The Bertz CT molecular complexity index is 634. The van der Waals surface area contributed by atoms with Gasteiger partial charge in [0, 0.05) is 30.7 Å². The summed E-state index contributed by atoms with van der Waals surface area (Å²) in [4.78, 5) is 18.2. The topological polar surface area (TPSA) is 65.5 Å². The van der Waals surface area contributed by atoms with E-state index in [0.29, 0.717) is 5.56 Å². The minimum absolute atomic E-state index is 0.0213. The molecule has 0 atom stereocenters. The van der Waals surface area contributed by atoms with Crippen molar-refractivity contribution in [2.24, 2.45) is 0 Å². The van der Waals surface area contributed by atoms with Crippen molar-refractivity contribution >= 4 is 17.3 Å². The highest BCUT2D eigenvalue weighted by Crippen LogP contribution is 2.22. The van der Waals surface area contributed by atoms with Crippen LogP contribution < -0.4 is 10.2 Å². The average molecular weight is 283 g/mol. The van der Waals surface area contributed by atoms with Gasteiger partial charge < -0.3 is 15.3 Å². The fourth-order valence-corrected chi connectivity index (χ4v) is 2.49. The van der Waals surface area contributed by atoms with Crippen molar-refractivity contribution in [2.75, 3.05) is 23.3 Å². The van der Waals surface area contributed by atoms with E-state index in [2.05, 4.69) is 15.2 Å². The predicted molar refractivity (Wildman–Crippen MR) is 81.7 cm³/mol. The molecule has 2 N–H and O–H groups in total. The highest BCUT2D eigenvalue weighted by atomic mass is 16.3. The predicted octanol–water partition coefficient (Wildman–Crippen LogP) is 2.64. The molecule has 1 fully saturated rings. The molecule has 2 aromatic rings. The van der Waals surface area contributed by atoms with Crippen molar-refractivity contribution in [3.8, 4) is 5.75 Å². The molecule has 0 unspecified atom stereocenters. The molecule has 1 saturated heterocycles. The van der Waals surface area contributed by atoms with Gasteiger partial charge in [-0.1, -0.05) is 0 Å². The molecule has 0 radical (unpaired) electrons. The van der Waals surface area contributed by atoms with Crippen LogP contribution in [-0.4, -0.2) is 29.1 Å². The SMILES string of the molecule is O=C(Nc1ccc(N2CCCC2)cc1)c1cncc(O)c1. The van der Waals surface area contributed by atoms with Crippen LogP contribution in [0.15, 0.2) is 42.7 Å². The number of aromatic hydroxyl groups is 1. The number of rotatable bonds is 3. The number of nitrogens with zero attached hydrogens (tertiary/aromatic N) is 2. The molecular formula is C16H17N3O2. The first-order chi connectivity index (χ1) is 10.2. The largest absolute Gasteiger partial charge is 0.506 e. The van der Waals surface area contributed by atoms with Crippen LogP contribution in [0, 0.1) is 0 Å². The first-order valence-corrected chi connectivity index (χ1v) is 7.03. The number of pyridine rings is 1. The van der Waals surface area contributed by atoms with Gasteiger partial charge in [0.2, 0.25) is 0 Å². The monoisotopic (exact) mass is 283 g/mol. The number of benzene rings is 1. The van der Waals surface area contributed by atoms with Crippen LogP contribution in [0.4, 0.5) is 11.4 Å². The Labute approximate surface area is 123 Å². The van der Waals surface area contributed by atoms with Crippen LogP contribution in [0.2, 0.25) is 0 Å². The second-order valence-corrected chi connectivity index (χ2v) is 5.13. The van der Waals surface area contributed by atoms with Gasteiger partial charge in [-0.15, -0.1) is 0 Å². The molecule has 1 aliphatic heterocycles. The number of anilines is 2. The summed E-state index contributed by atoms with van der Waals surface area (Å²) in [6, 6.07) is 9.20. The molecule has 3 rings (SSSR count). The molecule has 21 heavy (non-hydrogen) atoms. The average Bonchev–Trinajstić information content (AvgIpc) is 3.02. The number of nitrogens with one attached hydrogen (secondary N) is 1. The third-order valence-electron chi connectivity index (χ3n) is 3.58. The lowest BCUT2D eigenvalue weighted by Gasteiger charge is -2.17. The number of carbonyl (C=O) groups excluding carboxylic acids is 1. The van der Waals surface area contributed by atoms with Gasteiger partial charge >= 0.3 is 0 Å². The smallest absolute Gasteiger partial charge is 0.257 e. The summed E-state index contributed by atoms with van der Waals surface area (Å²) in [7, 11) is 0. The van der Waals surface area contributed by atoms with Gasteiger partial charge in [-0.05, 0) is 43.2 Å². The van der Waals surface area contributed by atoms with Gasteiger partial charge in [0.25, 0.3) is 5.91 Å². The lowest BCUT2D eigenvalue weighted by Crippen LogP contribution is -2.17. The number of aromatic nitrogens is 1. The van der Waals surface area contributed by atoms with Crippen molar-refractivity contribution in [2.45, 2.75) is 12.8 Å². The van der Waals surface area contributed by atoms with Crippen molar-refractivity contribution in [1.82, 2.24) is 4.98 Å². The minimum atomic E-state index is -0.285. The summed E-state index contributed by atoms with van der Waals surface area (Å²) in [5, 5.41) is 12.1. The molecule has 5 nitrogen and oxygen atoms in total. The standard InChI is InChI=1S/C16H17N3O2/c20-15-9-12(10-17-11-15)16(21)18-13-3-5-14(6-4-13)19-7-1-2-8-19/h3-6,9-11,20H,1-2,7-8H2,(H,18,21). The molecule has 108 valence electrons. The van der Waals surface area contributed by atoms with Gasteiger partial charge in [-0.25, -0.2) is 0 Å². The maximum absolute atomic E-state index is 12.0. The first-order valence-electron chi connectivity index (χ1n) is 7.03. The fraction of sp³-hybridized carbons (Fsp3) is 0.250. The third kappa shape index (κ3) is 3.13. The molecule has 0 bridgehead atoms. The third-order valence-corrected chi connectivity index (χ3v) is 3.58. The van der Waals surface area contributed by atoms with Gasteiger partial charge in [0.1, 0.15) is 5.75 Å². The molecule has 1 aliphatic rings. The molecule has 2 heterocycles. The van der Waals surface area contributed by atoms with E-state index >= 15 is 0 Å². The highest BCUT2D eigenvalue weighted by Gasteiger charge is 2.12. The summed E-state index contributed by atoms with van der Waals surface area (Å²) in [6.07, 6.45) is 5.20. The van der Waals surface area contributed by atoms with E-state index in [1.807, 2.05) is 24.3 Å². The Morgan fingerprint density at radius 2 is 1.86 bits per heavy atom. The Morgan fingerprint density at radius 3 is 2.52 bits per heavy atom.